The number of ether oxygens (including phenoxy) is 1. The molecule has 0 aliphatic carbocycles. The van der Waals surface area contributed by atoms with Crippen molar-refractivity contribution >= 4 is 51.0 Å². The first-order chi connectivity index (χ1) is 16.0. The molecule has 0 radical (unpaired) electrons. The van der Waals surface area contributed by atoms with Crippen molar-refractivity contribution in [3.8, 4) is 0 Å². The highest BCUT2D eigenvalue weighted by Gasteiger charge is 2.35. The largest absolute Gasteiger partial charge is 0.448 e. The molecule has 0 saturated heterocycles. The van der Waals surface area contributed by atoms with Gasteiger partial charge < -0.3 is 19.9 Å². The maximum atomic E-state index is 14.7. The second-order valence-electron chi connectivity index (χ2n) is 7.91. The van der Waals surface area contributed by atoms with E-state index in [9.17, 15) is 22.8 Å². The highest BCUT2D eigenvalue weighted by molar-refractivity contribution is 9.10. The van der Waals surface area contributed by atoms with Gasteiger partial charge in [-0.15, -0.1) is 0 Å². The number of nitrogens with one attached hydrogen (secondary N) is 3. The molecule has 2 aromatic rings. The maximum Gasteiger partial charge on any atom is 0.411 e. The number of aryl methyl sites for hydroxylation is 1. The zero-order chi connectivity index (χ0) is 25.2. The predicted octanol–water partition coefficient (Wildman–Crippen LogP) is 5.72. The van der Waals surface area contributed by atoms with Gasteiger partial charge in [-0.05, 0) is 54.2 Å². The summed E-state index contributed by atoms with van der Waals surface area (Å²) in [6.45, 7) is 8.36. The Kier molecular flexibility index (Phi) is 7.77. The fourth-order valence-electron chi connectivity index (χ4n) is 3.82. The molecule has 1 aromatic carbocycles. The molecule has 2 amide bonds. The van der Waals surface area contributed by atoms with Crippen LogP contribution in [0.5, 0.6) is 0 Å². The summed E-state index contributed by atoms with van der Waals surface area (Å²) in [6, 6.07) is 2.34. The molecule has 2 heterocycles. The Hall–Kier alpha value is -2.79. The molecule has 1 aromatic heterocycles. The first-order valence-corrected chi connectivity index (χ1v) is 11.5. The molecule has 0 atom stereocenters. The van der Waals surface area contributed by atoms with E-state index >= 15 is 0 Å². The number of carbonyl (C=O) groups is 2. The zero-order valence-electron chi connectivity index (χ0n) is 19.2. The molecule has 0 fully saturated rings. The van der Waals surface area contributed by atoms with Gasteiger partial charge in [0.1, 0.15) is 12.4 Å². The lowest BCUT2D eigenvalue weighted by Crippen LogP contribution is -2.29. The van der Waals surface area contributed by atoms with Crippen LogP contribution in [0, 0.1) is 12.7 Å². The minimum Gasteiger partial charge on any atom is -0.448 e. The topological polar surface area (TPSA) is 86.5 Å². The second-order valence-corrected chi connectivity index (χ2v) is 8.77. The summed E-state index contributed by atoms with van der Waals surface area (Å²) < 4.78 is 48.8. The van der Waals surface area contributed by atoms with Crippen LogP contribution in [0.2, 0.25) is 0 Å². The van der Waals surface area contributed by atoms with Gasteiger partial charge in [-0.3, -0.25) is 10.1 Å². The molecule has 7 nitrogen and oxygen atoms in total. The number of rotatable bonds is 8. The Balaban J connectivity index is 1.94. The number of carbonyl (C=O) groups excluding carboxylic acids is 2. The molecular weight excluding hydrogens is 517 g/mol. The Morgan fingerprint density at radius 2 is 1.97 bits per heavy atom. The van der Waals surface area contributed by atoms with Gasteiger partial charge in [-0.2, -0.15) is 0 Å². The molecule has 3 N–H and O–H groups in total. The molecule has 1 aliphatic heterocycles. The minimum absolute atomic E-state index is 0.00954. The molecule has 3 rings (SSSR count). The van der Waals surface area contributed by atoms with Crippen LogP contribution in [0.4, 0.5) is 29.3 Å². The summed E-state index contributed by atoms with van der Waals surface area (Å²) in [5, 5.41) is 5.00. The number of nitrogens with zero attached hydrogens (tertiary/aromatic N) is 1. The number of likely N-dealkylation sites (N-methyl/N-ethyl adjacent to an activating group) is 1. The van der Waals surface area contributed by atoms with Crippen LogP contribution in [0.1, 0.15) is 43.3 Å². The van der Waals surface area contributed by atoms with E-state index in [1.54, 1.807) is 0 Å². The van der Waals surface area contributed by atoms with Gasteiger partial charge >= 0.3 is 6.09 Å². The maximum absolute atomic E-state index is 14.7. The van der Waals surface area contributed by atoms with Gasteiger partial charge in [0.25, 0.3) is 11.8 Å². The van der Waals surface area contributed by atoms with Crippen molar-refractivity contribution in [1.82, 2.24) is 9.88 Å². The molecule has 34 heavy (non-hydrogen) atoms. The molecule has 0 bridgehead atoms. The van der Waals surface area contributed by atoms with E-state index in [-0.39, 0.29) is 34.8 Å². The smallest absolute Gasteiger partial charge is 0.411 e. The molecular formula is C23H26BrF3N4O3. The Labute approximate surface area is 203 Å². The molecule has 0 saturated carbocycles. The first kappa shape index (κ1) is 25.8. The Bertz CT molecular complexity index is 1140. The standard InChI is InChI=1S/C23H26BrF3N4O3/c1-5-31(6-2)7-8-34-22(33)30-19-12(3)28-17(18(19)23(4,26)27)11-15-14-9-13(25)10-16(24)20(14)29-21(15)32/h9-11,28H,5-8H2,1-4H3,(H,29,32)(H,30,33)/b15-11-. The summed E-state index contributed by atoms with van der Waals surface area (Å²) in [5.74, 6) is -4.53. The molecule has 11 heteroatoms. The third-order valence-electron chi connectivity index (χ3n) is 5.53. The van der Waals surface area contributed by atoms with Crippen LogP contribution >= 0.6 is 15.9 Å². The molecule has 184 valence electrons. The van der Waals surface area contributed by atoms with Crippen LogP contribution in [-0.2, 0) is 15.5 Å². The van der Waals surface area contributed by atoms with E-state index in [2.05, 4.69) is 36.4 Å². The van der Waals surface area contributed by atoms with Crippen LogP contribution < -0.4 is 10.6 Å². The third kappa shape index (κ3) is 5.47. The summed E-state index contributed by atoms with van der Waals surface area (Å²) >= 11 is 3.19. The number of alkyl halides is 2. The molecule has 1 aliphatic rings. The fourth-order valence-corrected chi connectivity index (χ4v) is 4.35. The number of hydrogen-bond acceptors (Lipinski definition) is 4. The highest BCUT2D eigenvalue weighted by Crippen LogP contribution is 2.42. The quantitative estimate of drug-likeness (QED) is 0.372. The van der Waals surface area contributed by atoms with E-state index in [1.807, 2.05) is 13.8 Å². The van der Waals surface area contributed by atoms with Gasteiger partial charge in [0.15, 0.2) is 0 Å². The number of benzene rings is 1. The van der Waals surface area contributed by atoms with E-state index in [1.165, 1.54) is 19.1 Å². The van der Waals surface area contributed by atoms with Gasteiger partial charge in [0, 0.05) is 29.2 Å². The lowest BCUT2D eigenvalue weighted by Gasteiger charge is -2.18. The number of anilines is 2. The van der Waals surface area contributed by atoms with Gasteiger partial charge in [0.05, 0.1) is 28.2 Å². The number of H-pyrrole nitrogens is 1. The second kappa shape index (κ2) is 10.2. The lowest BCUT2D eigenvalue weighted by atomic mass is 10.0. The van der Waals surface area contributed by atoms with E-state index in [4.69, 9.17) is 4.74 Å². The van der Waals surface area contributed by atoms with Gasteiger partial charge in [-0.25, -0.2) is 18.0 Å². The lowest BCUT2D eigenvalue weighted by molar-refractivity contribution is -0.110. The van der Waals surface area contributed by atoms with Crippen molar-refractivity contribution in [2.75, 3.05) is 36.9 Å². The van der Waals surface area contributed by atoms with Crippen molar-refractivity contribution in [2.45, 2.75) is 33.6 Å². The SMILES string of the molecule is CCN(CC)CCOC(=O)Nc1c(C)[nH]c(/C=C2\C(=O)Nc3c(Br)cc(F)cc32)c1C(C)(F)F. The van der Waals surface area contributed by atoms with Crippen LogP contribution in [0.25, 0.3) is 11.6 Å². The fraction of sp³-hybridized carbons (Fsp3) is 0.391. The van der Waals surface area contributed by atoms with Crippen molar-refractivity contribution in [3.05, 3.63) is 44.9 Å². The molecule has 0 unspecified atom stereocenters. The average molecular weight is 543 g/mol. The number of hydrogen-bond donors (Lipinski definition) is 3. The molecule has 0 spiro atoms. The van der Waals surface area contributed by atoms with Crippen molar-refractivity contribution < 1.29 is 27.5 Å². The summed E-state index contributed by atoms with van der Waals surface area (Å²) in [7, 11) is 0. The van der Waals surface area contributed by atoms with Crippen molar-refractivity contribution in [2.24, 2.45) is 0 Å². The third-order valence-corrected chi connectivity index (χ3v) is 6.16. The summed E-state index contributed by atoms with van der Waals surface area (Å²) in [4.78, 5) is 29.7. The normalized spacial score (nSPS) is 14.5. The average Bonchev–Trinajstić information content (AvgIpc) is 3.22. The van der Waals surface area contributed by atoms with Crippen molar-refractivity contribution in [1.29, 1.82) is 0 Å². The van der Waals surface area contributed by atoms with Gasteiger partial charge in [-0.1, -0.05) is 13.8 Å². The number of aromatic nitrogens is 1. The predicted molar refractivity (Wildman–Crippen MR) is 128 cm³/mol. The highest BCUT2D eigenvalue weighted by atomic mass is 79.9. The summed E-state index contributed by atoms with van der Waals surface area (Å²) in [6.07, 6.45) is 0.359. The first-order valence-electron chi connectivity index (χ1n) is 10.8. The number of halogens is 4. The van der Waals surface area contributed by atoms with Gasteiger partial charge in [0.2, 0.25) is 0 Å². The number of amides is 2. The van der Waals surface area contributed by atoms with E-state index in [0.29, 0.717) is 23.6 Å². The minimum atomic E-state index is -3.37. The van der Waals surface area contributed by atoms with Crippen molar-refractivity contribution in [3.63, 3.8) is 0 Å². The van der Waals surface area contributed by atoms with E-state index < -0.39 is 29.3 Å². The summed E-state index contributed by atoms with van der Waals surface area (Å²) in [5.41, 5.74) is 0.127. The van der Waals surface area contributed by atoms with E-state index in [0.717, 1.165) is 19.2 Å². The Morgan fingerprint density at radius 1 is 1.29 bits per heavy atom. The van der Waals surface area contributed by atoms with Crippen LogP contribution in [0.3, 0.4) is 0 Å². The zero-order valence-corrected chi connectivity index (χ0v) is 20.8. The van der Waals surface area contributed by atoms with Crippen LogP contribution in [-0.4, -0.2) is 48.1 Å². The van der Waals surface area contributed by atoms with Crippen LogP contribution in [0.15, 0.2) is 16.6 Å². The Morgan fingerprint density at radius 3 is 2.59 bits per heavy atom. The number of aromatic amines is 1. The monoisotopic (exact) mass is 542 g/mol. The number of fused-ring (bicyclic) bond motifs is 1.